The first-order valence-electron chi connectivity index (χ1n) is 42.1. The second-order valence-electron chi connectivity index (χ2n) is 37.8. The van der Waals surface area contributed by atoms with Gasteiger partial charge in [0, 0.05) is 0 Å². The maximum Gasteiger partial charge on any atom is 4.00 e. The minimum absolute atomic E-state index is 0. The van der Waals surface area contributed by atoms with Gasteiger partial charge in [0.1, 0.15) is 0 Å². The van der Waals surface area contributed by atoms with Crippen molar-refractivity contribution < 1.29 is 103 Å². The molecule has 106 heavy (non-hydrogen) atoms. The largest absolute Gasteiger partial charge is 4.00 e. The van der Waals surface area contributed by atoms with Crippen molar-refractivity contribution in [2.75, 3.05) is 0 Å². The van der Waals surface area contributed by atoms with Crippen molar-refractivity contribution in [3.8, 4) is 0 Å². The van der Waals surface area contributed by atoms with Gasteiger partial charge in [-0.2, -0.15) is 0 Å². The molecule has 0 saturated heterocycles. The molecular formula is C102H196Hf4. The maximum atomic E-state index is 2.60. The molecule has 0 heterocycles. The van der Waals surface area contributed by atoms with Crippen LogP contribution in [0.3, 0.4) is 0 Å². The fourth-order valence-corrected chi connectivity index (χ4v) is 30.9. The van der Waals surface area contributed by atoms with E-state index in [4.69, 9.17) is 0 Å². The first kappa shape index (κ1) is 125. The molecule has 0 radical (unpaired) electrons. The van der Waals surface area contributed by atoms with Crippen LogP contribution in [0.25, 0.3) is 0 Å². The van der Waals surface area contributed by atoms with Gasteiger partial charge >= 0.3 is 103 Å². The van der Waals surface area contributed by atoms with Gasteiger partial charge < -0.3 is 119 Å². The Bertz CT molecular complexity index is 1760. The quantitative estimate of drug-likeness (QED) is 0.151. The molecule has 0 aromatic carbocycles. The van der Waals surface area contributed by atoms with Gasteiger partial charge in [0.2, 0.25) is 0 Å². The van der Waals surface area contributed by atoms with Crippen molar-refractivity contribution in [1.29, 1.82) is 0 Å². The van der Waals surface area contributed by atoms with Crippen molar-refractivity contribution in [2.45, 2.75) is 351 Å². The molecule has 16 aliphatic carbocycles. The third-order valence-corrected chi connectivity index (χ3v) is 33.9. The summed E-state index contributed by atoms with van der Waals surface area (Å²) in [6, 6.07) is 0. The van der Waals surface area contributed by atoms with Crippen LogP contribution in [0.1, 0.15) is 351 Å². The van der Waals surface area contributed by atoms with Crippen molar-refractivity contribution in [2.24, 2.45) is 189 Å². The zero-order valence-electron chi connectivity index (χ0n) is 77.0. The minimum atomic E-state index is 0. The second-order valence-corrected chi connectivity index (χ2v) is 37.8. The molecule has 16 saturated carbocycles. The van der Waals surface area contributed by atoms with Crippen molar-refractivity contribution in [3.05, 3.63) is 119 Å². The Kier molecular flexibility index (Phi) is 69.9. The van der Waals surface area contributed by atoms with Crippen LogP contribution in [0.15, 0.2) is 0 Å². The van der Waals surface area contributed by atoms with Gasteiger partial charge in [-0.25, -0.2) is 0 Å². The predicted octanol–water partition coefficient (Wildman–Crippen LogP) is 33.2. The summed E-state index contributed by atoms with van der Waals surface area (Å²) in [6.45, 7) is 20.6. The number of hydrogen-bond donors (Lipinski definition) is 0. The zero-order valence-corrected chi connectivity index (χ0v) is 91.4. The molecule has 24 atom stereocenters. The van der Waals surface area contributed by atoms with Gasteiger partial charge in [-0.3, -0.25) is 0 Å². The molecule has 0 aromatic rings. The maximum absolute atomic E-state index is 2.60. The molecule has 24 unspecified atom stereocenters. The Morgan fingerprint density at radius 1 is 0.170 bits per heavy atom. The van der Waals surface area contributed by atoms with Crippen LogP contribution in [0.2, 0.25) is 0 Å². The van der Waals surface area contributed by atoms with Crippen LogP contribution in [0.5, 0.6) is 0 Å². The Morgan fingerprint density at radius 3 is 0.462 bits per heavy atom. The van der Waals surface area contributed by atoms with E-state index < -0.39 is 0 Å². The van der Waals surface area contributed by atoms with E-state index in [2.05, 4.69) is 55.4 Å². The van der Waals surface area contributed by atoms with Gasteiger partial charge in [0.15, 0.2) is 0 Å². The standard InChI is InChI=1S/C23H40.3C21H36.16CH3.4Hf/c1-3-17-11-7-13-19-21(15-16-9-5-6-10-16)20-14-8-12-18(4-2)23(20)22(17)19;3*1-14-7-5-11-17-19(13-16-9-3-4-10-16)18-12-6-8-15(2)21(18)20(14)17;;;;;;;;;;;;;;;;;;;;/h16-23H,3-15H2,1-2H3;3*14-21H,3-13H2,1-2H3;16*1H3;;;;/q;;;;16*-1;4*+4. The Balaban J connectivity index is -0.000000190. The van der Waals surface area contributed by atoms with Crippen LogP contribution in [0, 0.1) is 308 Å². The predicted molar refractivity (Wildman–Crippen MR) is 472 cm³/mol. The third-order valence-electron chi connectivity index (χ3n) is 33.9. The average molecular weight is 2140 g/mol. The van der Waals surface area contributed by atoms with E-state index in [1.807, 2.05) is 0 Å². The summed E-state index contributed by atoms with van der Waals surface area (Å²) >= 11 is 0. The summed E-state index contributed by atoms with van der Waals surface area (Å²) in [4.78, 5) is 0. The summed E-state index contributed by atoms with van der Waals surface area (Å²) < 4.78 is 0. The smallest absolute Gasteiger partial charge is 0.358 e. The topological polar surface area (TPSA) is 0 Å². The van der Waals surface area contributed by atoms with Gasteiger partial charge in [0.25, 0.3) is 0 Å². The molecule has 16 aliphatic rings. The number of rotatable bonds is 10. The van der Waals surface area contributed by atoms with Crippen LogP contribution >= 0.6 is 0 Å². The van der Waals surface area contributed by atoms with E-state index in [1.165, 1.54) is 141 Å². The molecule has 0 aromatic heterocycles. The van der Waals surface area contributed by atoms with Crippen LogP contribution < -0.4 is 0 Å². The van der Waals surface area contributed by atoms with E-state index in [0.29, 0.717) is 0 Å². The average Bonchev–Trinajstić information content (AvgIpc) is 1.62. The first-order valence-corrected chi connectivity index (χ1v) is 42.1. The van der Waals surface area contributed by atoms with Gasteiger partial charge in [-0.05, 0) is 266 Å². The molecule has 0 bridgehead atoms. The Morgan fingerprint density at radius 2 is 0.311 bits per heavy atom. The molecule has 620 valence electrons. The Hall–Kier alpha value is 3.48. The summed E-state index contributed by atoms with van der Waals surface area (Å²) in [7, 11) is 0. The van der Waals surface area contributed by atoms with E-state index >= 15 is 0 Å². The zero-order chi connectivity index (χ0) is 59.0. The SMILES string of the molecule is CC1CCCC2C(CC3CCCC3)C3CCCC(C)C3C12.CC1CCCC2C(CC3CCCC3)C3CCCC(C)C3C12.CC1CCCC2C(CC3CCCC3)C3CCCC(C)C3C12.CCC1CCCC2C(CC3CCCC3)C3CCCC(CC)C3C12.[CH3-].[CH3-].[CH3-].[CH3-].[CH3-].[CH3-].[CH3-].[CH3-].[CH3-].[CH3-].[CH3-].[CH3-].[CH3-].[CH3-].[CH3-].[CH3-].[Hf+4].[Hf+4].[Hf+4].[Hf+4]. The van der Waals surface area contributed by atoms with Crippen molar-refractivity contribution in [3.63, 3.8) is 0 Å². The fraction of sp³-hybridized carbons (Fsp3) is 0.843. The molecule has 16 rings (SSSR count). The van der Waals surface area contributed by atoms with E-state index in [-0.39, 0.29) is 222 Å². The molecular weight excluding hydrogens is 1940 g/mol. The van der Waals surface area contributed by atoms with Crippen molar-refractivity contribution in [1.82, 2.24) is 0 Å². The van der Waals surface area contributed by atoms with Gasteiger partial charge in [-0.15, -0.1) is 0 Å². The van der Waals surface area contributed by atoms with Crippen molar-refractivity contribution >= 4 is 0 Å². The normalized spacial score (nSPS) is 40.5. The van der Waals surface area contributed by atoms with Crippen LogP contribution in [-0.4, -0.2) is 0 Å². The van der Waals surface area contributed by atoms with E-state index in [0.717, 1.165) is 189 Å². The minimum Gasteiger partial charge on any atom is -0.358 e. The van der Waals surface area contributed by atoms with Gasteiger partial charge in [-0.1, -0.05) is 274 Å². The van der Waals surface area contributed by atoms with Crippen LogP contribution in [-0.2, 0) is 103 Å². The summed E-state index contributed by atoms with van der Waals surface area (Å²) in [5.74, 6) is 35.4. The number of hydrogen-bond acceptors (Lipinski definition) is 0. The molecule has 0 spiro atoms. The Labute approximate surface area is 754 Å². The molecule has 0 N–H and O–H groups in total. The molecule has 0 amide bonds. The summed E-state index contributed by atoms with van der Waals surface area (Å²) in [5, 5.41) is 0. The monoisotopic (exact) mass is 2140 g/mol. The fourth-order valence-electron chi connectivity index (χ4n) is 30.9. The van der Waals surface area contributed by atoms with E-state index in [9.17, 15) is 0 Å². The molecule has 4 heteroatoms. The first-order chi connectivity index (χ1) is 42.1. The summed E-state index contributed by atoms with van der Waals surface area (Å²) in [5.41, 5.74) is 0. The number of fused-ring (bicyclic) bond motifs is 12. The second kappa shape index (κ2) is 59.2. The van der Waals surface area contributed by atoms with Crippen LogP contribution in [0.4, 0.5) is 0 Å². The van der Waals surface area contributed by atoms with E-state index in [1.54, 1.807) is 154 Å². The molecule has 16 fully saturated rings. The molecule has 0 nitrogen and oxygen atoms in total. The summed E-state index contributed by atoms with van der Waals surface area (Å²) in [6.07, 6.45) is 71.7. The molecule has 0 aliphatic heterocycles. The van der Waals surface area contributed by atoms with Gasteiger partial charge in [0.05, 0.1) is 0 Å². The third kappa shape index (κ3) is 27.2.